The molecule has 0 radical (unpaired) electrons. The normalized spacial score (nSPS) is 14.2. The van der Waals surface area contributed by atoms with Gasteiger partial charge in [-0.05, 0) is 44.2 Å². The number of carbonyl (C=O) groups excluding carboxylic acids is 2. The first-order valence-electron chi connectivity index (χ1n) is 8.61. The molecule has 3 rings (SSSR count). The Hall–Kier alpha value is -2.37. The van der Waals surface area contributed by atoms with E-state index in [-0.39, 0.29) is 18.4 Å². The molecule has 0 saturated heterocycles. The zero-order valence-corrected chi connectivity index (χ0v) is 15.7. The van der Waals surface area contributed by atoms with Crippen LogP contribution < -0.4 is 10.2 Å². The largest absolute Gasteiger partial charge is 0.324 e. The van der Waals surface area contributed by atoms with E-state index in [4.69, 9.17) is 11.6 Å². The van der Waals surface area contributed by atoms with E-state index in [0.717, 1.165) is 12.1 Å². The molecule has 2 aromatic rings. The number of hydrogen-bond acceptors (Lipinski definition) is 3. The van der Waals surface area contributed by atoms with Crippen molar-refractivity contribution in [2.75, 3.05) is 30.4 Å². The fourth-order valence-electron chi connectivity index (χ4n) is 3.10. The zero-order valence-electron chi connectivity index (χ0n) is 14.9. The van der Waals surface area contributed by atoms with Gasteiger partial charge in [-0.3, -0.25) is 14.5 Å². The molecule has 0 unspecified atom stereocenters. The highest BCUT2D eigenvalue weighted by Gasteiger charge is 2.30. The zero-order chi connectivity index (χ0) is 18.7. The summed E-state index contributed by atoms with van der Waals surface area (Å²) < 4.78 is 0. The molecule has 1 aliphatic heterocycles. The lowest BCUT2D eigenvalue weighted by Gasteiger charge is -2.28. The monoisotopic (exact) mass is 371 g/mol. The highest BCUT2D eigenvalue weighted by molar-refractivity contribution is 6.33. The van der Waals surface area contributed by atoms with Crippen LogP contribution in [0.1, 0.15) is 12.5 Å². The predicted molar refractivity (Wildman–Crippen MR) is 105 cm³/mol. The molecule has 1 atom stereocenters. The average Bonchev–Trinajstić information content (AvgIpc) is 3.06. The van der Waals surface area contributed by atoms with Crippen molar-refractivity contribution >= 4 is 34.8 Å². The van der Waals surface area contributed by atoms with Gasteiger partial charge >= 0.3 is 0 Å². The predicted octanol–water partition coefficient (Wildman–Crippen LogP) is 3.19. The number of halogens is 1. The highest BCUT2D eigenvalue weighted by Crippen LogP contribution is 2.28. The van der Waals surface area contributed by atoms with Crippen LogP contribution in [0.5, 0.6) is 0 Å². The number of anilines is 2. The van der Waals surface area contributed by atoms with Gasteiger partial charge in [0.1, 0.15) is 0 Å². The van der Waals surface area contributed by atoms with E-state index in [2.05, 4.69) is 5.32 Å². The fourth-order valence-corrected chi connectivity index (χ4v) is 3.28. The number of nitrogens with zero attached hydrogens (tertiary/aromatic N) is 2. The molecule has 136 valence electrons. The fraction of sp³-hybridized carbons (Fsp3) is 0.300. The summed E-state index contributed by atoms with van der Waals surface area (Å²) in [6.45, 7) is 2.61. The van der Waals surface area contributed by atoms with Crippen molar-refractivity contribution in [1.29, 1.82) is 0 Å². The molecule has 1 aliphatic rings. The molecule has 0 aromatic heterocycles. The minimum absolute atomic E-state index is 0.00277. The van der Waals surface area contributed by atoms with Gasteiger partial charge in [0.05, 0.1) is 23.3 Å². The first-order valence-corrected chi connectivity index (χ1v) is 8.99. The van der Waals surface area contributed by atoms with Crippen molar-refractivity contribution in [3.05, 3.63) is 59.1 Å². The van der Waals surface area contributed by atoms with E-state index in [1.54, 1.807) is 30.1 Å². The summed E-state index contributed by atoms with van der Waals surface area (Å²) in [4.78, 5) is 28.7. The van der Waals surface area contributed by atoms with Crippen molar-refractivity contribution in [3.8, 4) is 0 Å². The summed E-state index contributed by atoms with van der Waals surface area (Å²) in [6, 6.07) is 14.6. The van der Waals surface area contributed by atoms with Crippen LogP contribution in [0, 0.1) is 0 Å². The molecule has 0 spiro atoms. The van der Waals surface area contributed by atoms with Crippen molar-refractivity contribution in [2.45, 2.75) is 19.4 Å². The van der Waals surface area contributed by atoms with Gasteiger partial charge in [0, 0.05) is 12.2 Å². The summed E-state index contributed by atoms with van der Waals surface area (Å²) in [7, 11) is 1.77. The van der Waals surface area contributed by atoms with Crippen molar-refractivity contribution in [2.24, 2.45) is 0 Å². The molecule has 1 heterocycles. The molecule has 0 bridgehead atoms. The molecule has 0 fully saturated rings. The molecule has 2 amide bonds. The van der Waals surface area contributed by atoms with Crippen LogP contribution in [0.15, 0.2) is 48.5 Å². The Morgan fingerprint density at radius 2 is 1.88 bits per heavy atom. The molecular weight excluding hydrogens is 350 g/mol. The van der Waals surface area contributed by atoms with Gasteiger partial charge in [-0.2, -0.15) is 0 Å². The summed E-state index contributed by atoms with van der Waals surface area (Å²) in [5.74, 6) is -0.204. The van der Waals surface area contributed by atoms with Crippen LogP contribution in [0.25, 0.3) is 0 Å². The summed E-state index contributed by atoms with van der Waals surface area (Å²) >= 11 is 6.06. The lowest BCUT2D eigenvalue weighted by Crippen LogP contribution is -2.47. The van der Waals surface area contributed by atoms with E-state index in [9.17, 15) is 9.59 Å². The first-order chi connectivity index (χ1) is 12.5. The van der Waals surface area contributed by atoms with Gasteiger partial charge in [0.2, 0.25) is 11.8 Å². The number of benzene rings is 2. The molecule has 5 nitrogen and oxygen atoms in total. The Balaban J connectivity index is 1.61. The Bertz CT molecular complexity index is 824. The lowest BCUT2D eigenvalue weighted by molar-refractivity contribution is -0.124. The number of likely N-dealkylation sites (N-methyl/N-ethyl adjacent to an activating group) is 1. The van der Waals surface area contributed by atoms with E-state index < -0.39 is 6.04 Å². The highest BCUT2D eigenvalue weighted by atomic mass is 35.5. The van der Waals surface area contributed by atoms with Crippen LogP contribution in [-0.2, 0) is 16.0 Å². The van der Waals surface area contributed by atoms with Crippen LogP contribution in [0.2, 0.25) is 5.02 Å². The standard InChI is InChI=1S/C20H22ClN3O2/c1-14(20(26)24-12-11-15-7-3-6-10-18(15)24)23(2)13-19(25)22-17-9-5-4-8-16(17)21/h3-10,14H,11-13H2,1-2H3,(H,22,25)/t14-/m1/s1. The van der Waals surface area contributed by atoms with Gasteiger partial charge in [-0.1, -0.05) is 41.9 Å². The second kappa shape index (κ2) is 7.89. The Labute approximate surface area is 158 Å². The van der Waals surface area contributed by atoms with Gasteiger partial charge in [-0.15, -0.1) is 0 Å². The minimum Gasteiger partial charge on any atom is -0.324 e. The third-order valence-electron chi connectivity index (χ3n) is 4.71. The van der Waals surface area contributed by atoms with Crippen molar-refractivity contribution in [3.63, 3.8) is 0 Å². The van der Waals surface area contributed by atoms with Crippen LogP contribution in [0.3, 0.4) is 0 Å². The summed E-state index contributed by atoms with van der Waals surface area (Å²) in [5, 5.41) is 3.27. The smallest absolute Gasteiger partial charge is 0.244 e. The van der Waals surface area contributed by atoms with Crippen LogP contribution >= 0.6 is 11.6 Å². The second-order valence-electron chi connectivity index (χ2n) is 6.49. The quantitative estimate of drug-likeness (QED) is 0.878. The molecule has 0 aliphatic carbocycles. The third-order valence-corrected chi connectivity index (χ3v) is 5.04. The van der Waals surface area contributed by atoms with E-state index in [1.807, 2.05) is 42.2 Å². The number of amides is 2. The Kier molecular flexibility index (Phi) is 5.59. The van der Waals surface area contributed by atoms with E-state index in [1.165, 1.54) is 5.56 Å². The van der Waals surface area contributed by atoms with Gasteiger partial charge in [0.25, 0.3) is 0 Å². The molecule has 0 saturated carbocycles. The molecule has 6 heteroatoms. The van der Waals surface area contributed by atoms with E-state index >= 15 is 0 Å². The molecule has 26 heavy (non-hydrogen) atoms. The van der Waals surface area contributed by atoms with Crippen molar-refractivity contribution in [1.82, 2.24) is 4.90 Å². The van der Waals surface area contributed by atoms with Gasteiger partial charge in [-0.25, -0.2) is 0 Å². The van der Waals surface area contributed by atoms with Gasteiger partial charge in [0.15, 0.2) is 0 Å². The Morgan fingerprint density at radius 3 is 2.65 bits per heavy atom. The van der Waals surface area contributed by atoms with Crippen molar-refractivity contribution < 1.29 is 9.59 Å². The SMILES string of the molecule is C[C@H](C(=O)N1CCc2ccccc21)N(C)CC(=O)Nc1ccccc1Cl. The maximum atomic E-state index is 12.9. The topological polar surface area (TPSA) is 52.7 Å². The second-order valence-corrected chi connectivity index (χ2v) is 6.89. The minimum atomic E-state index is -0.404. The number of hydrogen-bond donors (Lipinski definition) is 1. The third kappa shape index (κ3) is 3.89. The van der Waals surface area contributed by atoms with E-state index in [0.29, 0.717) is 17.3 Å². The number of para-hydroxylation sites is 2. The summed E-state index contributed by atoms with van der Waals surface area (Å²) in [5.41, 5.74) is 2.73. The summed E-state index contributed by atoms with van der Waals surface area (Å²) in [6.07, 6.45) is 0.866. The molecule has 1 N–H and O–H groups in total. The number of nitrogens with one attached hydrogen (secondary N) is 1. The van der Waals surface area contributed by atoms with Crippen LogP contribution in [0.4, 0.5) is 11.4 Å². The molecule has 2 aromatic carbocycles. The maximum absolute atomic E-state index is 12.9. The lowest BCUT2D eigenvalue weighted by atomic mass is 10.2. The maximum Gasteiger partial charge on any atom is 0.244 e. The van der Waals surface area contributed by atoms with Gasteiger partial charge < -0.3 is 10.2 Å². The van der Waals surface area contributed by atoms with Crippen LogP contribution in [-0.4, -0.2) is 42.9 Å². The number of fused-ring (bicyclic) bond motifs is 1. The Morgan fingerprint density at radius 1 is 1.19 bits per heavy atom. The number of carbonyl (C=O) groups is 2. The number of rotatable bonds is 5. The molecular formula is C20H22ClN3O2. The first kappa shape index (κ1) is 18.4. The average molecular weight is 372 g/mol.